The highest BCUT2D eigenvalue weighted by Crippen LogP contribution is 2.12. The van der Waals surface area contributed by atoms with E-state index in [9.17, 15) is 4.79 Å². The van der Waals surface area contributed by atoms with E-state index in [-0.39, 0.29) is 17.9 Å². The zero-order chi connectivity index (χ0) is 12.9. The van der Waals surface area contributed by atoms with Crippen molar-refractivity contribution in [2.24, 2.45) is 0 Å². The Morgan fingerprint density at radius 3 is 2.76 bits per heavy atom. The molecule has 0 aliphatic rings. The first kappa shape index (κ1) is 13.3. The summed E-state index contributed by atoms with van der Waals surface area (Å²) >= 11 is 0. The van der Waals surface area contributed by atoms with Crippen molar-refractivity contribution < 1.29 is 9.53 Å². The Balaban J connectivity index is 2.61. The molecule has 0 saturated heterocycles. The van der Waals surface area contributed by atoms with Gasteiger partial charge in [0.25, 0.3) is 0 Å². The van der Waals surface area contributed by atoms with Crippen LogP contribution < -0.4 is 0 Å². The lowest BCUT2D eigenvalue weighted by Crippen LogP contribution is -2.21. The van der Waals surface area contributed by atoms with E-state index in [0.717, 1.165) is 5.56 Å². The number of esters is 1. The van der Waals surface area contributed by atoms with E-state index in [1.54, 1.807) is 13.1 Å². The molecule has 1 aromatic heterocycles. The summed E-state index contributed by atoms with van der Waals surface area (Å²) in [4.78, 5) is 11.1. The molecule has 92 valence electrons. The molecule has 0 bridgehead atoms. The molecule has 0 fully saturated rings. The third-order valence-electron chi connectivity index (χ3n) is 2.04. The fourth-order valence-electron chi connectivity index (χ4n) is 1.18. The molecule has 17 heavy (non-hydrogen) atoms. The van der Waals surface area contributed by atoms with Crippen LogP contribution in [0.25, 0.3) is 0 Å². The van der Waals surface area contributed by atoms with Crippen molar-refractivity contribution in [2.75, 3.05) is 6.61 Å². The van der Waals surface area contributed by atoms with Gasteiger partial charge in [-0.05, 0) is 27.7 Å². The number of carbonyl (C=O) groups is 1. The van der Waals surface area contributed by atoms with Crippen molar-refractivity contribution >= 4 is 5.97 Å². The van der Waals surface area contributed by atoms with E-state index in [1.165, 1.54) is 0 Å². The molecule has 4 heteroatoms. The van der Waals surface area contributed by atoms with E-state index in [4.69, 9.17) is 4.74 Å². The Morgan fingerprint density at radius 1 is 1.53 bits per heavy atom. The average Bonchev–Trinajstić information content (AvgIpc) is 2.66. The second-order valence-corrected chi connectivity index (χ2v) is 4.63. The van der Waals surface area contributed by atoms with Crippen LogP contribution in [0.5, 0.6) is 0 Å². The smallest absolute Gasteiger partial charge is 0.317 e. The largest absolute Gasteiger partial charge is 0.465 e. The van der Waals surface area contributed by atoms with Gasteiger partial charge in [0.05, 0.1) is 23.9 Å². The Bertz CT molecular complexity index is 444. The first-order valence-corrected chi connectivity index (χ1v) is 5.63. The van der Waals surface area contributed by atoms with E-state index >= 15 is 0 Å². The number of rotatable bonds is 2. The summed E-state index contributed by atoms with van der Waals surface area (Å²) in [6.45, 7) is 8.36. The molecule has 0 saturated carbocycles. The number of nitrogens with zero attached hydrogens (tertiary/aromatic N) is 2. The second kappa shape index (κ2) is 5.53. The number of carbonyl (C=O) groups excluding carboxylic acids is 1. The quantitative estimate of drug-likeness (QED) is 0.580. The standard InChI is InChI=1S/C13H18N2O2/c1-5-17-12(16)8-6-7-11-9-14-15(10-11)13(2,3)4/h9-10H,5,8H2,1-4H3. The monoisotopic (exact) mass is 234 g/mol. The number of ether oxygens (including phenoxy) is 1. The summed E-state index contributed by atoms with van der Waals surface area (Å²) in [5, 5.41) is 4.22. The summed E-state index contributed by atoms with van der Waals surface area (Å²) in [5.41, 5.74) is 0.755. The Kier molecular flexibility index (Phi) is 4.33. The van der Waals surface area contributed by atoms with Gasteiger partial charge in [0.15, 0.2) is 0 Å². The Morgan fingerprint density at radius 2 is 2.24 bits per heavy atom. The summed E-state index contributed by atoms with van der Waals surface area (Å²) in [7, 11) is 0. The highest BCUT2D eigenvalue weighted by molar-refractivity contribution is 5.72. The van der Waals surface area contributed by atoms with E-state index in [0.29, 0.717) is 6.61 Å². The van der Waals surface area contributed by atoms with Gasteiger partial charge in [-0.2, -0.15) is 5.10 Å². The number of hydrogen-bond acceptors (Lipinski definition) is 3. The summed E-state index contributed by atoms with van der Waals surface area (Å²) in [5.74, 6) is 5.38. The van der Waals surface area contributed by atoms with Crippen LogP contribution >= 0.6 is 0 Å². The predicted molar refractivity (Wildman–Crippen MR) is 65.4 cm³/mol. The first-order chi connectivity index (χ1) is 7.93. The van der Waals surface area contributed by atoms with Gasteiger partial charge in [-0.25, -0.2) is 0 Å². The zero-order valence-corrected chi connectivity index (χ0v) is 10.8. The van der Waals surface area contributed by atoms with Crippen molar-refractivity contribution in [2.45, 2.75) is 39.7 Å². The molecule has 0 spiro atoms. The fourth-order valence-corrected chi connectivity index (χ4v) is 1.18. The molecule has 0 amide bonds. The Labute approximate surface area is 102 Å². The van der Waals surface area contributed by atoms with E-state index < -0.39 is 0 Å². The van der Waals surface area contributed by atoms with Gasteiger partial charge in [-0.3, -0.25) is 9.48 Å². The maximum Gasteiger partial charge on any atom is 0.317 e. The van der Waals surface area contributed by atoms with Crippen LogP contribution in [0.1, 0.15) is 39.7 Å². The summed E-state index contributed by atoms with van der Waals surface area (Å²) in [6.07, 6.45) is 3.69. The van der Waals surface area contributed by atoms with Gasteiger partial charge in [0.2, 0.25) is 0 Å². The van der Waals surface area contributed by atoms with E-state index in [1.807, 2.05) is 10.9 Å². The summed E-state index contributed by atoms with van der Waals surface area (Å²) < 4.78 is 6.63. The van der Waals surface area contributed by atoms with E-state index in [2.05, 4.69) is 37.7 Å². The molecule has 0 N–H and O–H groups in total. The fraction of sp³-hybridized carbons (Fsp3) is 0.538. The molecule has 0 aliphatic heterocycles. The molecule has 0 atom stereocenters. The van der Waals surface area contributed by atoms with Gasteiger partial charge in [-0.1, -0.05) is 11.8 Å². The van der Waals surface area contributed by atoms with Crippen LogP contribution in [0.15, 0.2) is 12.4 Å². The van der Waals surface area contributed by atoms with Crippen molar-refractivity contribution in [1.82, 2.24) is 9.78 Å². The lowest BCUT2D eigenvalue weighted by Gasteiger charge is -2.18. The molecular weight excluding hydrogens is 216 g/mol. The molecule has 1 rings (SSSR count). The molecule has 0 aliphatic carbocycles. The second-order valence-electron chi connectivity index (χ2n) is 4.63. The third kappa shape index (κ3) is 4.31. The SMILES string of the molecule is CCOC(=O)CC#Cc1cnn(C(C)(C)C)c1. The van der Waals surface area contributed by atoms with Crippen molar-refractivity contribution in [3.63, 3.8) is 0 Å². The molecule has 0 unspecified atom stereocenters. The van der Waals surface area contributed by atoms with Gasteiger partial charge >= 0.3 is 5.97 Å². The maximum atomic E-state index is 11.1. The van der Waals surface area contributed by atoms with Gasteiger partial charge in [0.1, 0.15) is 6.42 Å². The molecule has 1 aromatic rings. The normalized spacial score (nSPS) is 10.6. The highest BCUT2D eigenvalue weighted by atomic mass is 16.5. The van der Waals surface area contributed by atoms with Crippen LogP contribution in [0, 0.1) is 11.8 Å². The minimum absolute atomic E-state index is 0.0545. The Hall–Kier alpha value is -1.76. The van der Waals surface area contributed by atoms with Gasteiger partial charge < -0.3 is 4.74 Å². The number of hydrogen-bond donors (Lipinski definition) is 0. The maximum absolute atomic E-state index is 11.1. The van der Waals surface area contributed by atoms with Crippen molar-refractivity contribution in [3.05, 3.63) is 18.0 Å². The minimum Gasteiger partial charge on any atom is -0.465 e. The van der Waals surface area contributed by atoms with Crippen molar-refractivity contribution in [1.29, 1.82) is 0 Å². The van der Waals surface area contributed by atoms with Crippen LogP contribution in [0.2, 0.25) is 0 Å². The van der Waals surface area contributed by atoms with Crippen LogP contribution in [-0.2, 0) is 15.1 Å². The van der Waals surface area contributed by atoms with Crippen molar-refractivity contribution in [3.8, 4) is 11.8 Å². The lowest BCUT2D eigenvalue weighted by atomic mass is 10.1. The average molecular weight is 234 g/mol. The topological polar surface area (TPSA) is 44.1 Å². The lowest BCUT2D eigenvalue weighted by molar-refractivity contribution is -0.141. The van der Waals surface area contributed by atoms with Crippen LogP contribution in [0.4, 0.5) is 0 Å². The highest BCUT2D eigenvalue weighted by Gasteiger charge is 2.13. The van der Waals surface area contributed by atoms with Crippen LogP contribution in [0.3, 0.4) is 0 Å². The minimum atomic E-state index is -0.289. The van der Waals surface area contributed by atoms with Gasteiger partial charge in [0, 0.05) is 6.20 Å². The number of aromatic nitrogens is 2. The third-order valence-corrected chi connectivity index (χ3v) is 2.04. The van der Waals surface area contributed by atoms with Gasteiger partial charge in [-0.15, -0.1) is 0 Å². The molecule has 1 heterocycles. The first-order valence-electron chi connectivity index (χ1n) is 5.63. The molecule has 0 aromatic carbocycles. The molecule has 4 nitrogen and oxygen atoms in total. The zero-order valence-electron chi connectivity index (χ0n) is 10.8. The molecule has 0 radical (unpaired) electrons. The predicted octanol–water partition coefficient (Wildman–Crippen LogP) is 1.94. The summed E-state index contributed by atoms with van der Waals surface area (Å²) in [6, 6.07) is 0. The van der Waals surface area contributed by atoms with Crippen LogP contribution in [-0.4, -0.2) is 22.4 Å². The molecular formula is C13H18N2O2.